The van der Waals surface area contributed by atoms with Gasteiger partial charge in [0.15, 0.2) is 5.82 Å². The molecule has 126 valence electrons. The fourth-order valence-electron chi connectivity index (χ4n) is 3.38. The van der Waals surface area contributed by atoms with Crippen molar-refractivity contribution in [3.05, 3.63) is 5.82 Å². The molecule has 1 aliphatic carbocycles. The SMILES string of the molecule is CC1CN(C(=O)NCc2nnnn2C2CC2)CC2(CCOC2)O1. The van der Waals surface area contributed by atoms with E-state index in [0.29, 0.717) is 44.7 Å². The van der Waals surface area contributed by atoms with E-state index < -0.39 is 0 Å². The number of hydrogen-bond acceptors (Lipinski definition) is 6. The maximum absolute atomic E-state index is 12.5. The summed E-state index contributed by atoms with van der Waals surface area (Å²) in [6, 6.07) is 0.302. The van der Waals surface area contributed by atoms with E-state index >= 15 is 0 Å². The van der Waals surface area contributed by atoms with Gasteiger partial charge in [0.1, 0.15) is 5.60 Å². The average Bonchev–Trinajstić information content (AvgIpc) is 3.11. The van der Waals surface area contributed by atoms with Crippen LogP contribution in [0.25, 0.3) is 0 Å². The van der Waals surface area contributed by atoms with Gasteiger partial charge in [-0.15, -0.1) is 5.10 Å². The summed E-state index contributed by atoms with van der Waals surface area (Å²) >= 11 is 0. The molecule has 9 heteroatoms. The van der Waals surface area contributed by atoms with Crippen molar-refractivity contribution in [2.24, 2.45) is 0 Å². The summed E-state index contributed by atoms with van der Waals surface area (Å²) in [5.74, 6) is 0.709. The van der Waals surface area contributed by atoms with Crippen molar-refractivity contribution >= 4 is 6.03 Å². The van der Waals surface area contributed by atoms with E-state index in [0.717, 1.165) is 19.3 Å². The maximum Gasteiger partial charge on any atom is 0.317 e. The Morgan fingerprint density at radius 3 is 3.09 bits per heavy atom. The molecule has 1 N–H and O–H groups in total. The Morgan fingerprint density at radius 1 is 1.48 bits per heavy atom. The van der Waals surface area contributed by atoms with Gasteiger partial charge in [0.25, 0.3) is 0 Å². The zero-order valence-electron chi connectivity index (χ0n) is 13.3. The smallest absolute Gasteiger partial charge is 0.317 e. The second-order valence-corrected chi connectivity index (χ2v) is 6.72. The molecule has 2 aliphatic heterocycles. The van der Waals surface area contributed by atoms with Crippen molar-refractivity contribution in [1.82, 2.24) is 30.4 Å². The zero-order valence-corrected chi connectivity index (χ0v) is 13.3. The first kappa shape index (κ1) is 14.8. The molecular weight excluding hydrogens is 300 g/mol. The van der Waals surface area contributed by atoms with Gasteiger partial charge in [0.05, 0.1) is 31.8 Å². The summed E-state index contributed by atoms with van der Waals surface area (Å²) in [4.78, 5) is 14.3. The monoisotopic (exact) mass is 322 g/mol. The third-order valence-corrected chi connectivity index (χ3v) is 4.61. The second-order valence-electron chi connectivity index (χ2n) is 6.72. The van der Waals surface area contributed by atoms with E-state index in [-0.39, 0.29) is 17.7 Å². The van der Waals surface area contributed by atoms with Gasteiger partial charge in [-0.1, -0.05) is 0 Å². The molecule has 3 heterocycles. The summed E-state index contributed by atoms with van der Waals surface area (Å²) in [7, 11) is 0. The molecule has 1 aromatic heterocycles. The van der Waals surface area contributed by atoms with Crippen LogP contribution in [0, 0.1) is 0 Å². The van der Waals surface area contributed by atoms with Crippen molar-refractivity contribution in [1.29, 1.82) is 0 Å². The lowest BCUT2D eigenvalue weighted by Gasteiger charge is -2.42. The number of carbonyl (C=O) groups is 1. The molecule has 2 saturated heterocycles. The molecule has 1 spiro atoms. The van der Waals surface area contributed by atoms with E-state index in [9.17, 15) is 4.79 Å². The number of morpholine rings is 1. The van der Waals surface area contributed by atoms with Gasteiger partial charge >= 0.3 is 6.03 Å². The number of rotatable bonds is 3. The number of carbonyl (C=O) groups excluding carboxylic acids is 1. The molecule has 2 amide bonds. The Bertz CT molecular complexity index is 581. The molecule has 9 nitrogen and oxygen atoms in total. The molecule has 2 atom stereocenters. The van der Waals surface area contributed by atoms with E-state index in [2.05, 4.69) is 20.8 Å². The van der Waals surface area contributed by atoms with Gasteiger partial charge in [0, 0.05) is 19.6 Å². The Labute approximate surface area is 134 Å². The van der Waals surface area contributed by atoms with Crippen molar-refractivity contribution < 1.29 is 14.3 Å². The highest BCUT2D eigenvalue weighted by Gasteiger charge is 2.44. The highest BCUT2D eigenvalue weighted by molar-refractivity contribution is 5.74. The number of ether oxygens (including phenoxy) is 2. The molecule has 2 unspecified atom stereocenters. The predicted octanol–water partition coefficient (Wildman–Crippen LogP) is 0.0974. The molecule has 0 bridgehead atoms. The minimum Gasteiger partial charge on any atom is -0.378 e. The Hall–Kier alpha value is -1.74. The topological polar surface area (TPSA) is 94.4 Å². The van der Waals surface area contributed by atoms with Gasteiger partial charge in [-0.3, -0.25) is 0 Å². The van der Waals surface area contributed by atoms with Crippen LogP contribution in [-0.4, -0.2) is 69.1 Å². The minimum atomic E-state index is -0.343. The van der Waals surface area contributed by atoms with Crippen LogP contribution in [0.4, 0.5) is 4.79 Å². The Morgan fingerprint density at radius 2 is 2.35 bits per heavy atom. The number of nitrogens with one attached hydrogen (secondary N) is 1. The van der Waals surface area contributed by atoms with E-state index in [4.69, 9.17) is 9.47 Å². The summed E-state index contributed by atoms with van der Waals surface area (Å²) in [5.41, 5.74) is -0.343. The molecule has 4 rings (SSSR count). The average molecular weight is 322 g/mol. The fraction of sp³-hybridized carbons (Fsp3) is 0.857. The normalized spacial score (nSPS) is 30.8. The zero-order chi connectivity index (χ0) is 15.9. The maximum atomic E-state index is 12.5. The lowest BCUT2D eigenvalue weighted by molar-refractivity contribution is -0.137. The van der Waals surface area contributed by atoms with Crippen LogP contribution in [0.15, 0.2) is 0 Å². The van der Waals surface area contributed by atoms with Crippen molar-refractivity contribution in [3.8, 4) is 0 Å². The van der Waals surface area contributed by atoms with E-state index in [1.165, 1.54) is 0 Å². The molecule has 1 aromatic rings. The standard InChI is InChI=1S/C14H22N6O3/c1-10-7-19(8-14(23-10)4-5-22-9-14)13(21)15-6-12-16-17-18-20(12)11-2-3-11/h10-11H,2-9H2,1H3,(H,15,21). The van der Waals surface area contributed by atoms with Crippen LogP contribution in [0.3, 0.4) is 0 Å². The van der Waals surface area contributed by atoms with Gasteiger partial charge in [-0.25, -0.2) is 9.48 Å². The highest BCUT2D eigenvalue weighted by atomic mass is 16.6. The summed E-state index contributed by atoms with van der Waals surface area (Å²) in [6.45, 7) is 4.74. The number of amides is 2. The molecule has 23 heavy (non-hydrogen) atoms. The third-order valence-electron chi connectivity index (χ3n) is 4.61. The van der Waals surface area contributed by atoms with Gasteiger partial charge < -0.3 is 19.7 Å². The van der Waals surface area contributed by atoms with Crippen LogP contribution in [0.5, 0.6) is 0 Å². The molecule has 1 saturated carbocycles. The van der Waals surface area contributed by atoms with Crippen molar-refractivity contribution in [2.75, 3.05) is 26.3 Å². The van der Waals surface area contributed by atoms with Crippen molar-refractivity contribution in [3.63, 3.8) is 0 Å². The number of urea groups is 1. The van der Waals surface area contributed by atoms with Gasteiger partial charge in [0.2, 0.25) is 0 Å². The first-order valence-electron chi connectivity index (χ1n) is 8.20. The molecule has 3 aliphatic rings. The van der Waals surface area contributed by atoms with Crippen LogP contribution < -0.4 is 5.32 Å². The number of tetrazole rings is 1. The Kier molecular flexibility index (Phi) is 3.68. The highest BCUT2D eigenvalue weighted by Crippen LogP contribution is 2.34. The van der Waals surface area contributed by atoms with Crippen molar-refractivity contribution in [2.45, 2.75) is 50.5 Å². The van der Waals surface area contributed by atoms with Crippen LogP contribution >= 0.6 is 0 Å². The Balaban J connectivity index is 1.37. The summed E-state index contributed by atoms with van der Waals surface area (Å²) in [6.07, 6.45) is 3.06. The molecular formula is C14H22N6O3. The van der Waals surface area contributed by atoms with Crippen LogP contribution in [0.2, 0.25) is 0 Å². The number of aromatic nitrogens is 4. The van der Waals surface area contributed by atoms with Gasteiger partial charge in [-0.2, -0.15) is 0 Å². The largest absolute Gasteiger partial charge is 0.378 e. The van der Waals surface area contributed by atoms with E-state index in [1.807, 2.05) is 16.5 Å². The molecule has 0 radical (unpaired) electrons. The van der Waals surface area contributed by atoms with Crippen LogP contribution in [0.1, 0.15) is 38.1 Å². The number of hydrogen-bond donors (Lipinski definition) is 1. The first-order valence-corrected chi connectivity index (χ1v) is 8.20. The summed E-state index contributed by atoms with van der Waals surface area (Å²) in [5, 5.41) is 14.6. The number of nitrogens with zero attached hydrogens (tertiary/aromatic N) is 5. The lowest BCUT2D eigenvalue weighted by Crippen LogP contribution is -2.58. The first-order chi connectivity index (χ1) is 11.2. The lowest BCUT2D eigenvalue weighted by atomic mass is 9.99. The molecule has 0 aromatic carbocycles. The predicted molar refractivity (Wildman–Crippen MR) is 78.6 cm³/mol. The van der Waals surface area contributed by atoms with Gasteiger partial charge in [-0.05, 0) is 30.2 Å². The quantitative estimate of drug-likeness (QED) is 0.848. The van der Waals surface area contributed by atoms with E-state index in [1.54, 1.807) is 0 Å². The minimum absolute atomic E-state index is 0.00739. The third kappa shape index (κ3) is 3.02. The molecule has 3 fully saturated rings. The summed E-state index contributed by atoms with van der Waals surface area (Å²) < 4.78 is 13.3. The van der Waals surface area contributed by atoms with Crippen LogP contribution in [-0.2, 0) is 16.0 Å². The second kappa shape index (κ2) is 5.72. The fourth-order valence-corrected chi connectivity index (χ4v) is 3.38.